The van der Waals surface area contributed by atoms with Gasteiger partial charge in [0.15, 0.2) is 23.0 Å². The summed E-state index contributed by atoms with van der Waals surface area (Å²) in [6, 6.07) is 7.31. The third-order valence-corrected chi connectivity index (χ3v) is 3.08. The van der Waals surface area contributed by atoms with E-state index >= 15 is 0 Å². The lowest BCUT2D eigenvalue weighted by Crippen LogP contribution is -2.08. The van der Waals surface area contributed by atoms with Crippen LogP contribution in [0.5, 0.6) is 5.75 Å². The second kappa shape index (κ2) is 4.87. The number of hydrogen-bond acceptors (Lipinski definition) is 3. The van der Waals surface area contributed by atoms with Gasteiger partial charge in [-0.05, 0) is 37.1 Å². The minimum absolute atomic E-state index is 0.195. The summed E-state index contributed by atoms with van der Waals surface area (Å²) in [5, 5.41) is 6.39. The SMILES string of the molecule is Cc1cc(OI)ccc1-c1cc(=O)[nH]nc1C. The molecule has 0 spiro atoms. The molecule has 0 aliphatic heterocycles. The van der Waals surface area contributed by atoms with E-state index in [-0.39, 0.29) is 5.56 Å². The summed E-state index contributed by atoms with van der Waals surface area (Å²) >= 11 is 1.84. The Morgan fingerprint density at radius 3 is 2.65 bits per heavy atom. The fourth-order valence-electron chi connectivity index (χ4n) is 1.73. The van der Waals surface area contributed by atoms with Crippen molar-refractivity contribution in [3.05, 3.63) is 45.9 Å². The Labute approximate surface area is 113 Å². The van der Waals surface area contributed by atoms with E-state index in [1.54, 1.807) is 6.07 Å². The Bertz CT molecular complexity index is 608. The van der Waals surface area contributed by atoms with Crippen molar-refractivity contribution in [2.45, 2.75) is 13.8 Å². The minimum atomic E-state index is -0.195. The van der Waals surface area contributed by atoms with Crippen molar-refractivity contribution in [2.75, 3.05) is 0 Å². The van der Waals surface area contributed by atoms with Crippen LogP contribution >= 0.6 is 23.0 Å². The van der Waals surface area contributed by atoms with Crippen LogP contribution in [0.1, 0.15) is 11.3 Å². The normalized spacial score (nSPS) is 10.3. The number of halogens is 1. The molecule has 0 atom stereocenters. The van der Waals surface area contributed by atoms with Gasteiger partial charge in [-0.3, -0.25) is 4.79 Å². The standard InChI is InChI=1S/C12H11IN2O2/c1-7-5-9(17-13)3-4-10(7)11-6-12(16)15-14-8(11)2/h3-6H,1-2H3,(H,15,16). The number of nitrogens with zero attached hydrogens (tertiary/aromatic N) is 1. The van der Waals surface area contributed by atoms with Crippen LogP contribution in [0.2, 0.25) is 0 Å². The third kappa shape index (κ3) is 2.49. The topological polar surface area (TPSA) is 55.0 Å². The number of aromatic amines is 1. The van der Waals surface area contributed by atoms with Crippen molar-refractivity contribution in [3.63, 3.8) is 0 Å². The Kier molecular flexibility index (Phi) is 3.46. The number of nitrogens with one attached hydrogen (secondary N) is 1. The molecule has 0 aliphatic carbocycles. The molecular weight excluding hydrogens is 331 g/mol. The molecule has 0 bridgehead atoms. The Balaban J connectivity index is 2.60. The molecule has 17 heavy (non-hydrogen) atoms. The average molecular weight is 342 g/mol. The predicted octanol–water partition coefficient (Wildman–Crippen LogP) is 2.78. The van der Waals surface area contributed by atoms with Gasteiger partial charge >= 0.3 is 0 Å². The zero-order valence-corrected chi connectivity index (χ0v) is 11.6. The van der Waals surface area contributed by atoms with E-state index in [1.165, 1.54) is 0 Å². The average Bonchev–Trinajstić information content (AvgIpc) is 2.32. The van der Waals surface area contributed by atoms with Crippen LogP contribution < -0.4 is 8.63 Å². The highest BCUT2D eigenvalue weighted by Gasteiger charge is 2.08. The van der Waals surface area contributed by atoms with E-state index in [0.29, 0.717) is 0 Å². The van der Waals surface area contributed by atoms with Crippen molar-refractivity contribution < 1.29 is 3.07 Å². The van der Waals surface area contributed by atoms with E-state index in [0.717, 1.165) is 28.1 Å². The first-order valence-corrected chi connectivity index (χ1v) is 5.96. The summed E-state index contributed by atoms with van der Waals surface area (Å²) in [5.41, 5.74) is 3.51. The summed E-state index contributed by atoms with van der Waals surface area (Å²) in [6.07, 6.45) is 0. The maximum absolute atomic E-state index is 11.3. The smallest absolute Gasteiger partial charge is 0.264 e. The molecule has 1 heterocycles. The quantitative estimate of drug-likeness (QED) is 0.854. The van der Waals surface area contributed by atoms with Gasteiger partial charge in [-0.15, -0.1) is 0 Å². The molecule has 0 saturated heterocycles. The Morgan fingerprint density at radius 2 is 2.00 bits per heavy atom. The minimum Gasteiger partial charge on any atom is -0.428 e. The molecule has 0 fully saturated rings. The van der Waals surface area contributed by atoms with Crippen molar-refractivity contribution in [1.29, 1.82) is 0 Å². The van der Waals surface area contributed by atoms with E-state index in [9.17, 15) is 4.79 Å². The number of rotatable bonds is 2. The Morgan fingerprint density at radius 1 is 1.24 bits per heavy atom. The van der Waals surface area contributed by atoms with E-state index in [4.69, 9.17) is 3.07 Å². The van der Waals surface area contributed by atoms with Gasteiger partial charge in [-0.1, -0.05) is 6.07 Å². The summed E-state index contributed by atoms with van der Waals surface area (Å²) in [6.45, 7) is 3.85. The molecule has 2 rings (SSSR count). The molecule has 1 aromatic heterocycles. The molecule has 0 aliphatic rings. The van der Waals surface area contributed by atoms with E-state index < -0.39 is 0 Å². The number of aromatic nitrogens is 2. The van der Waals surface area contributed by atoms with Crippen LogP contribution in [0, 0.1) is 13.8 Å². The highest BCUT2D eigenvalue weighted by atomic mass is 127. The van der Waals surface area contributed by atoms with Gasteiger partial charge in [0.2, 0.25) is 0 Å². The first-order chi connectivity index (χ1) is 8.11. The molecule has 0 saturated carbocycles. The first kappa shape index (κ1) is 12.1. The second-order valence-corrected chi connectivity index (χ2v) is 4.23. The number of aryl methyl sites for hydroxylation is 2. The predicted molar refractivity (Wildman–Crippen MR) is 74.4 cm³/mol. The van der Waals surface area contributed by atoms with E-state index in [1.807, 2.05) is 55.1 Å². The largest absolute Gasteiger partial charge is 0.428 e. The summed E-state index contributed by atoms with van der Waals surface area (Å²) in [5.74, 6) is 0.794. The maximum atomic E-state index is 11.3. The number of hydrogen-bond donors (Lipinski definition) is 1. The molecule has 1 N–H and O–H groups in total. The van der Waals surface area contributed by atoms with Crippen molar-refractivity contribution in [1.82, 2.24) is 10.2 Å². The van der Waals surface area contributed by atoms with Crippen LogP contribution in [-0.2, 0) is 0 Å². The van der Waals surface area contributed by atoms with Crippen LogP contribution in [0.15, 0.2) is 29.1 Å². The van der Waals surface area contributed by atoms with E-state index in [2.05, 4.69) is 10.2 Å². The molecule has 88 valence electrons. The lowest BCUT2D eigenvalue weighted by atomic mass is 10.00. The van der Waals surface area contributed by atoms with Gasteiger partial charge < -0.3 is 3.07 Å². The summed E-state index contributed by atoms with van der Waals surface area (Å²) in [7, 11) is 0. The monoisotopic (exact) mass is 342 g/mol. The molecule has 4 nitrogen and oxygen atoms in total. The fourth-order valence-corrected chi connectivity index (χ4v) is 2.00. The fraction of sp³-hybridized carbons (Fsp3) is 0.167. The molecular formula is C12H11IN2O2. The zero-order valence-electron chi connectivity index (χ0n) is 9.45. The molecule has 0 radical (unpaired) electrons. The maximum Gasteiger partial charge on any atom is 0.264 e. The van der Waals surface area contributed by atoms with Crippen LogP contribution in [0.3, 0.4) is 0 Å². The first-order valence-electron chi connectivity index (χ1n) is 5.08. The third-order valence-electron chi connectivity index (χ3n) is 2.58. The van der Waals surface area contributed by atoms with Crippen molar-refractivity contribution in [3.8, 4) is 16.9 Å². The molecule has 0 amide bonds. The molecule has 5 heteroatoms. The van der Waals surface area contributed by atoms with Crippen LogP contribution in [0.25, 0.3) is 11.1 Å². The summed E-state index contributed by atoms with van der Waals surface area (Å²) < 4.78 is 5.13. The van der Waals surface area contributed by atoms with Gasteiger partial charge in [0, 0.05) is 11.6 Å². The number of H-pyrrole nitrogens is 1. The molecule has 0 unspecified atom stereocenters. The van der Waals surface area contributed by atoms with Gasteiger partial charge in [0.1, 0.15) is 5.75 Å². The Hall–Kier alpha value is -1.37. The van der Waals surface area contributed by atoms with Gasteiger partial charge in [-0.25, -0.2) is 5.10 Å². The highest BCUT2D eigenvalue weighted by Crippen LogP contribution is 2.27. The molecule has 2 aromatic rings. The van der Waals surface area contributed by atoms with Crippen LogP contribution in [-0.4, -0.2) is 10.2 Å². The van der Waals surface area contributed by atoms with Crippen LogP contribution in [0.4, 0.5) is 0 Å². The van der Waals surface area contributed by atoms with Crippen molar-refractivity contribution in [2.24, 2.45) is 0 Å². The van der Waals surface area contributed by atoms with Gasteiger partial charge in [-0.2, -0.15) is 5.10 Å². The lowest BCUT2D eigenvalue weighted by Gasteiger charge is -2.08. The van der Waals surface area contributed by atoms with Gasteiger partial charge in [0.25, 0.3) is 5.56 Å². The second-order valence-electron chi connectivity index (χ2n) is 3.79. The van der Waals surface area contributed by atoms with Crippen molar-refractivity contribution >= 4 is 23.0 Å². The van der Waals surface area contributed by atoms with Gasteiger partial charge in [0.05, 0.1) is 5.69 Å². The number of benzene rings is 1. The highest BCUT2D eigenvalue weighted by molar-refractivity contribution is 14.1. The zero-order chi connectivity index (χ0) is 12.4. The summed E-state index contributed by atoms with van der Waals surface area (Å²) in [4.78, 5) is 11.3. The molecule has 1 aromatic carbocycles. The lowest BCUT2D eigenvalue weighted by molar-refractivity contribution is 0.716.